The highest BCUT2D eigenvalue weighted by molar-refractivity contribution is 7.18. The van der Waals surface area contributed by atoms with Crippen LogP contribution in [0.15, 0.2) is 0 Å². The van der Waals surface area contributed by atoms with Gasteiger partial charge in [-0.1, -0.05) is 13.8 Å². The minimum Gasteiger partial charge on any atom is -0.462 e. The molecule has 6 nitrogen and oxygen atoms in total. The van der Waals surface area contributed by atoms with Gasteiger partial charge in [0, 0.05) is 13.1 Å². The minimum atomic E-state index is -0.510. The summed E-state index contributed by atoms with van der Waals surface area (Å²) in [5, 5.41) is 3.23. The first-order chi connectivity index (χ1) is 12.2. The van der Waals surface area contributed by atoms with Crippen molar-refractivity contribution < 1.29 is 19.1 Å². The van der Waals surface area contributed by atoms with Gasteiger partial charge in [0.2, 0.25) is 5.91 Å². The van der Waals surface area contributed by atoms with Gasteiger partial charge >= 0.3 is 5.97 Å². The van der Waals surface area contributed by atoms with Crippen LogP contribution in [0.3, 0.4) is 0 Å². The van der Waals surface area contributed by atoms with Crippen LogP contribution in [-0.4, -0.2) is 48.8 Å². The number of anilines is 1. The van der Waals surface area contributed by atoms with E-state index in [1.807, 2.05) is 0 Å². The number of ether oxygens (including phenoxy) is 1. The quantitative estimate of drug-likeness (QED) is 0.605. The molecule has 1 aromatic heterocycles. The molecule has 0 radical (unpaired) electrons. The number of nitrogens with one attached hydrogen (secondary N) is 1. The van der Waals surface area contributed by atoms with E-state index in [1.54, 1.807) is 13.8 Å². The molecule has 1 aliphatic rings. The molecule has 26 heavy (non-hydrogen) atoms. The average molecular weight is 381 g/mol. The summed E-state index contributed by atoms with van der Waals surface area (Å²) in [4.78, 5) is 39.3. The van der Waals surface area contributed by atoms with Gasteiger partial charge in [0.15, 0.2) is 5.78 Å². The van der Waals surface area contributed by atoms with Crippen LogP contribution in [0.5, 0.6) is 0 Å². The number of likely N-dealkylation sites (tertiary alicyclic amines) is 1. The van der Waals surface area contributed by atoms with Gasteiger partial charge in [0.05, 0.1) is 23.6 Å². The van der Waals surface area contributed by atoms with Crippen LogP contribution >= 0.6 is 11.3 Å². The van der Waals surface area contributed by atoms with Gasteiger partial charge < -0.3 is 10.1 Å². The number of carbonyl (C=O) groups excluding carboxylic acids is 3. The van der Waals surface area contributed by atoms with Crippen molar-refractivity contribution in [2.45, 2.75) is 41.0 Å². The highest BCUT2D eigenvalue weighted by Gasteiger charge is 2.27. The third-order valence-electron chi connectivity index (χ3n) is 4.51. The molecule has 1 saturated heterocycles. The monoisotopic (exact) mass is 380 g/mol. The number of ketones is 1. The van der Waals surface area contributed by atoms with Gasteiger partial charge in [0.25, 0.3) is 0 Å². The number of hydrogen-bond acceptors (Lipinski definition) is 6. The third-order valence-corrected chi connectivity index (χ3v) is 5.82. The number of amides is 1. The van der Waals surface area contributed by atoms with E-state index in [0.717, 1.165) is 24.4 Å². The Morgan fingerprint density at radius 2 is 1.85 bits per heavy atom. The van der Waals surface area contributed by atoms with E-state index in [0.29, 0.717) is 27.3 Å². The van der Waals surface area contributed by atoms with Crippen molar-refractivity contribution in [2.75, 3.05) is 31.6 Å². The molecule has 0 aromatic carbocycles. The molecular formula is C19H28N2O4S. The van der Waals surface area contributed by atoms with Crippen LogP contribution in [0.4, 0.5) is 5.00 Å². The zero-order valence-corrected chi connectivity index (χ0v) is 17.0. The van der Waals surface area contributed by atoms with Crippen molar-refractivity contribution >= 4 is 34.0 Å². The first kappa shape index (κ1) is 20.6. The predicted molar refractivity (Wildman–Crippen MR) is 103 cm³/mol. The van der Waals surface area contributed by atoms with Crippen LogP contribution in [-0.2, 0) is 9.53 Å². The number of Topliss-reactive ketones (excluding diaryl/α,β-unsaturated/α-hetero) is 1. The lowest BCUT2D eigenvalue weighted by molar-refractivity contribution is -0.117. The smallest absolute Gasteiger partial charge is 0.341 e. The van der Waals surface area contributed by atoms with Crippen LogP contribution in [0.2, 0.25) is 0 Å². The maximum atomic E-state index is 12.5. The maximum Gasteiger partial charge on any atom is 0.341 e. The third kappa shape index (κ3) is 4.92. The predicted octanol–water partition coefficient (Wildman–Crippen LogP) is 3.35. The number of esters is 1. The van der Waals surface area contributed by atoms with Crippen LogP contribution in [0.1, 0.15) is 59.7 Å². The second kappa shape index (κ2) is 8.77. The van der Waals surface area contributed by atoms with Crippen molar-refractivity contribution in [3.63, 3.8) is 0 Å². The fraction of sp³-hybridized carbons (Fsp3) is 0.632. The number of piperidine rings is 1. The van der Waals surface area contributed by atoms with E-state index in [4.69, 9.17) is 4.74 Å². The molecule has 2 heterocycles. The number of thiophene rings is 1. The fourth-order valence-corrected chi connectivity index (χ4v) is 4.78. The molecule has 0 saturated carbocycles. The molecule has 0 unspecified atom stereocenters. The van der Waals surface area contributed by atoms with E-state index >= 15 is 0 Å². The Morgan fingerprint density at radius 3 is 2.38 bits per heavy atom. The zero-order chi connectivity index (χ0) is 19.4. The standard InChI is InChI=1S/C19H28N2O4S/c1-6-25-19(24)16-13(4)17(14(5)22)26-18(16)20-15(23)10-21-8-11(2)7-12(3)9-21/h11-12H,6-10H2,1-5H3,(H,20,23)/t11-,12-/m0/s1. The Kier molecular flexibility index (Phi) is 6.94. The fourth-order valence-electron chi connectivity index (χ4n) is 3.68. The zero-order valence-electron chi connectivity index (χ0n) is 16.2. The SMILES string of the molecule is CCOC(=O)c1c(NC(=O)CN2C[C@@H](C)C[C@H](C)C2)sc(C(C)=O)c1C. The lowest BCUT2D eigenvalue weighted by Gasteiger charge is -2.34. The van der Waals surface area contributed by atoms with Gasteiger partial charge in [-0.3, -0.25) is 14.5 Å². The molecule has 1 aromatic rings. The summed E-state index contributed by atoms with van der Waals surface area (Å²) in [5.41, 5.74) is 0.854. The van der Waals surface area contributed by atoms with Gasteiger partial charge in [-0.05, 0) is 44.6 Å². The number of nitrogens with zero attached hydrogens (tertiary/aromatic N) is 1. The molecule has 0 spiro atoms. The molecule has 7 heteroatoms. The summed E-state index contributed by atoms with van der Waals surface area (Å²) < 4.78 is 5.10. The Balaban J connectivity index is 2.16. The summed E-state index contributed by atoms with van der Waals surface area (Å²) in [6.45, 7) is 11.6. The topological polar surface area (TPSA) is 75.7 Å². The molecule has 0 bridgehead atoms. The van der Waals surface area contributed by atoms with Crippen LogP contribution in [0.25, 0.3) is 0 Å². The summed E-state index contributed by atoms with van der Waals surface area (Å²) >= 11 is 1.14. The number of hydrogen-bond donors (Lipinski definition) is 1. The minimum absolute atomic E-state index is 0.128. The molecule has 1 aliphatic heterocycles. The molecular weight excluding hydrogens is 352 g/mol. The Bertz CT molecular complexity index is 688. The van der Waals surface area contributed by atoms with Gasteiger partial charge in [-0.25, -0.2) is 4.79 Å². The normalized spacial score (nSPS) is 20.7. The Hall–Kier alpha value is -1.73. The largest absolute Gasteiger partial charge is 0.462 e. The van der Waals surface area contributed by atoms with Crippen molar-refractivity contribution in [2.24, 2.45) is 11.8 Å². The summed E-state index contributed by atoms with van der Waals surface area (Å²) in [6.07, 6.45) is 1.18. The van der Waals surface area contributed by atoms with Crippen LogP contribution in [0, 0.1) is 18.8 Å². The van der Waals surface area contributed by atoms with Crippen molar-refractivity contribution in [3.8, 4) is 0 Å². The lowest BCUT2D eigenvalue weighted by atomic mass is 9.92. The first-order valence-electron chi connectivity index (χ1n) is 9.06. The van der Waals surface area contributed by atoms with Crippen molar-refractivity contribution in [3.05, 3.63) is 16.0 Å². The maximum absolute atomic E-state index is 12.5. The molecule has 1 N–H and O–H groups in total. The second-order valence-corrected chi connectivity index (χ2v) is 8.25. The summed E-state index contributed by atoms with van der Waals surface area (Å²) in [5.74, 6) is 0.319. The Morgan fingerprint density at radius 1 is 1.23 bits per heavy atom. The van der Waals surface area contributed by atoms with E-state index in [-0.39, 0.29) is 30.4 Å². The summed E-state index contributed by atoms with van der Waals surface area (Å²) in [7, 11) is 0. The molecule has 1 amide bonds. The second-order valence-electron chi connectivity index (χ2n) is 7.23. The van der Waals surface area contributed by atoms with E-state index in [9.17, 15) is 14.4 Å². The number of rotatable bonds is 6. The molecule has 144 valence electrons. The molecule has 0 aliphatic carbocycles. The summed E-state index contributed by atoms with van der Waals surface area (Å²) in [6, 6.07) is 0. The van der Waals surface area contributed by atoms with Crippen molar-refractivity contribution in [1.82, 2.24) is 4.90 Å². The molecule has 2 rings (SSSR count). The molecule has 2 atom stereocenters. The van der Waals surface area contributed by atoms with Gasteiger partial charge in [-0.15, -0.1) is 11.3 Å². The first-order valence-corrected chi connectivity index (χ1v) is 9.88. The van der Waals surface area contributed by atoms with E-state index in [1.165, 1.54) is 13.3 Å². The lowest BCUT2D eigenvalue weighted by Crippen LogP contribution is -2.42. The number of carbonyl (C=O) groups is 3. The highest BCUT2D eigenvalue weighted by Crippen LogP contribution is 2.34. The van der Waals surface area contributed by atoms with Crippen LogP contribution < -0.4 is 5.32 Å². The van der Waals surface area contributed by atoms with E-state index < -0.39 is 5.97 Å². The Labute approximate surface area is 158 Å². The highest BCUT2D eigenvalue weighted by atomic mass is 32.1. The van der Waals surface area contributed by atoms with Gasteiger partial charge in [-0.2, -0.15) is 0 Å². The van der Waals surface area contributed by atoms with Crippen molar-refractivity contribution in [1.29, 1.82) is 0 Å². The van der Waals surface area contributed by atoms with Gasteiger partial charge in [0.1, 0.15) is 5.00 Å². The molecule has 1 fully saturated rings. The average Bonchev–Trinajstić information content (AvgIpc) is 2.82. The van der Waals surface area contributed by atoms with E-state index in [2.05, 4.69) is 24.1 Å².